The van der Waals surface area contributed by atoms with Crippen LogP contribution in [0, 0.1) is 0 Å². The Morgan fingerprint density at radius 2 is 2.18 bits per heavy atom. The fourth-order valence-corrected chi connectivity index (χ4v) is 2.36. The molecule has 0 aliphatic heterocycles. The normalized spacial score (nSPS) is 13.5. The zero-order valence-electron chi connectivity index (χ0n) is 10.4. The standard InChI is InChI=1S/C12H20N2O2S/c1-3-17(15,16)10-6-9-13-11(2)12-7-4-5-8-14-12/h4-5,7-8,11,13H,3,6,9-10H2,1-2H3/t11-/m0/s1. The van der Waals surface area contributed by atoms with Crippen molar-refractivity contribution in [2.75, 3.05) is 18.1 Å². The summed E-state index contributed by atoms with van der Waals surface area (Å²) in [5, 5.41) is 3.27. The molecular formula is C12H20N2O2S. The number of aromatic nitrogens is 1. The third-order valence-corrected chi connectivity index (χ3v) is 4.44. The van der Waals surface area contributed by atoms with Crippen LogP contribution in [0.15, 0.2) is 24.4 Å². The second-order valence-corrected chi connectivity index (χ2v) is 6.49. The van der Waals surface area contributed by atoms with Crippen LogP contribution in [-0.4, -0.2) is 31.5 Å². The molecule has 0 bridgehead atoms. The fourth-order valence-electron chi connectivity index (χ4n) is 1.49. The third kappa shape index (κ3) is 5.28. The van der Waals surface area contributed by atoms with Crippen LogP contribution in [0.4, 0.5) is 0 Å². The molecule has 0 fully saturated rings. The first-order chi connectivity index (χ1) is 8.05. The monoisotopic (exact) mass is 256 g/mol. The van der Waals surface area contributed by atoms with Crippen molar-refractivity contribution in [1.82, 2.24) is 10.3 Å². The predicted octanol–water partition coefficient (Wildman–Crippen LogP) is 1.56. The van der Waals surface area contributed by atoms with Gasteiger partial charge in [-0.2, -0.15) is 0 Å². The molecule has 0 saturated heterocycles. The Balaban J connectivity index is 2.28. The molecule has 1 aromatic rings. The van der Waals surface area contributed by atoms with Gasteiger partial charge in [0.2, 0.25) is 0 Å². The summed E-state index contributed by atoms with van der Waals surface area (Å²) >= 11 is 0. The molecule has 4 nitrogen and oxygen atoms in total. The van der Waals surface area contributed by atoms with E-state index in [-0.39, 0.29) is 17.5 Å². The Morgan fingerprint density at radius 1 is 1.41 bits per heavy atom. The highest BCUT2D eigenvalue weighted by Crippen LogP contribution is 2.07. The van der Waals surface area contributed by atoms with Gasteiger partial charge >= 0.3 is 0 Å². The van der Waals surface area contributed by atoms with E-state index in [4.69, 9.17) is 0 Å². The van der Waals surface area contributed by atoms with Gasteiger partial charge in [0.05, 0.1) is 11.4 Å². The van der Waals surface area contributed by atoms with Gasteiger partial charge in [0.25, 0.3) is 0 Å². The molecule has 0 amide bonds. The summed E-state index contributed by atoms with van der Waals surface area (Å²) in [7, 11) is -2.84. The van der Waals surface area contributed by atoms with Crippen molar-refractivity contribution in [2.45, 2.75) is 26.3 Å². The molecule has 1 rings (SSSR count). The lowest BCUT2D eigenvalue weighted by Crippen LogP contribution is -2.23. The SMILES string of the molecule is CCS(=O)(=O)CCCN[C@@H](C)c1ccccn1. The molecule has 0 aliphatic carbocycles. The number of nitrogens with one attached hydrogen (secondary N) is 1. The second-order valence-electron chi connectivity index (χ2n) is 4.02. The van der Waals surface area contributed by atoms with Gasteiger partial charge in [0.15, 0.2) is 0 Å². The van der Waals surface area contributed by atoms with Crippen molar-refractivity contribution in [1.29, 1.82) is 0 Å². The van der Waals surface area contributed by atoms with E-state index in [0.717, 1.165) is 5.69 Å². The Bertz CT molecular complexity index is 417. The minimum Gasteiger partial charge on any atom is -0.309 e. The number of hydrogen-bond acceptors (Lipinski definition) is 4. The molecule has 0 radical (unpaired) electrons. The molecule has 0 aliphatic rings. The average Bonchev–Trinajstić information content (AvgIpc) is 2.35. The van der Waals surface area contributed by atoms with E-state index < -0.39 is 9.84 Å². The lowest BCUT2D eigenvalue weighted by Gasteiger charge is -2.12. The number of pyridine rings is 1. The first-order valence-electron chi connectivity index (χ1n) is 5.90. The maximum atomic E-state index is 11.3. The smallest absolute Gasteiger partial charge is 0.150 e. The van der Waals surface area contributed by atoms with E-state index in [1.807, 2.05) is 25.1 Å². The molecule has 0 unspecified atom stereocenters. The lowest BCUT2D eigenvalue weighted by atomic mass is 10.2. The summed E-state index contributed by atoms with van der Waals surface area (Å²) in [6.07, 6.45) is 2.41. The molecule has 0 saturated carbocycles. The summed E-state index contributed by atoms with van der Waals surface area (Å²) < 4.78 is 22.5. The van der Waals surface area contributed by atoms with Crippen LogP contribution in [0.25, 0.3) is 0 Å². The van der Waals surface area contributed by atoms with E-state index in [1.54, 1.807) is 13.1 Å². The Hall–Kier alpha value is -0.940. The van der Waals surface area contributed by atoms with Gasteiger partial charge < -0.3 is 5.32 Å². The molecule has 1 heterocycles. The van der Waals surface area contributed by atoms with E-state index in [1.165, 1.54) is 0 Å². The summed E-state index contributed by atoms with van der Waals surface area (Å²) in [6, 6.07) is 5.94. The average molecular weight is 256 g/mol. The van der Waals surface area contributed by atoms with Crippen molar-refractivity contribution in [3.05, 3.63) is 30.1 Å². The van der Waals surface area contributed by atoms with Gasteiger partial charge in [-0.1, -0.05) is 13.0 Å². The van der Waals surface area contributed by atoms with E-state index in [9.17, 15) is 8.42 Å². The van der Waals surface area contributed by atoms with Gasteiger partial charge in [0.1, 0.15) is 9.84 Å². The minimum atomic E-state index is -2.84. The zero-order chi connectivity index (χ0) is 12.7. The van der Waals surface area contributed by atoms with E-state index >= 15 is 0 Å². The van der Waals surface area contributed by atoms with Crippen LogP contribution in [0.2, 0.25) is 0 Å². The number of nitrogens with zero attached hydrogens (tertiary/aromatic N) is 1. The second kappa shape index (κ2) is 6.71. The van der Waals surface area contributed by atoms with Gasteiger partial charge in [-0.05, 0) is 32.0 Å². The largest absolute Gasteiger partial charge is 0.309 e. The molecule has 1 N–H and O–H groups in total. The van der Waals surface area contributed by atoms with Crippen LogP contribution < -0.4 is 5.32 Å². The van der Waals surface area contributed by atoms with Crippen LogP contribution in [0.3, 0.4) is 0 Å². The van der Waals surface area contributed by atoms with E-state index in [2.05, 4.69) is 10.3 Å². The molecule has 1 aromatic heterocycles. The first kappa shape index (κ1) is 14.1. The molecule has 5 heteroatoms. The lowest BCUT2D eigenvalue weighted by molar-refractivity contribution is 0.551. The minimum absolute atomic E-state index is 0.153. The van der Waals surface area contributed by atoms with Crippen molar-refractivity contribution >= 4 is 9.84 Å². The van der Waals surface area contributed by atoms with Crippen molar-refractivity contribution < 1.29 is 8.42 Å². The fraction of sp³-hybridized carbons (Fsp3) is 0.583. The van der Waals surface area contributed by atoms with Crippen LogP contribution in [0.5, 0.6) is 0 Å². The summed E-state index contributed by atoms with van der Waals surface area (Å²) in [5.74, 6) is 0.480. The molecular weight excluding hydrogens is 236 g/mol. The Kier molecular flexibility index (Phi) is 5.58. The van der Waals surface area contributed by atoms with Crippen molar-refractivity contribution in [3.8, 4) is 0 Å². The highest BCUT2D eigenvalue weighted by molar-refractivity contribution is 7.91. The van der Waals surface area contributed by atoms with Gasteiger partial charge in [0, 0.05) is 18.0 Å². The zero-order valence-corrected chi connectivity index (χ0v) is 11.2. The summed E-state index contributed by atoms with van der Waals surface area (Å²) in [5.41, 5.74) is 0.978. The summed E-state index contributed by atoms with van der Waals surface area (Å²) in [4.78, 5) is 4.24. The van der Waals surface area contributed by atoms with Gasteiger partial charge in [-0.15, -0.1) is 0 Å². The highest BCUT2D eigenvalue weighted by Gasteiger charge is 2.08. The number of hydrogen-bond donors (Lipinski definition) is 1. The van der Waals surface area contributed by atoms with Crippen LogP contribution in [-0.2, 0) is 9.84 Å². The Labute approximate surface area is 103 Å². The molecule has 0 aromatic carbocycles. The molecule has 17 heavy (non-hydrogen) atoms. The van der Waals surface area contributed by atoms with E-state index in [0.29, 0.717) is 13.0 Å². The molecule has 1 atom stereocenters. The quantitative estimate of drug-likeness (QED) is 0.752. The van der Waals surface area contributed by atoms with Crippen molar-refractivity contribution in [3.63, 3.8) is 0 Å². The van der Waals surface area contributed by atoms with Gasteiger partial charge in [-0.3, -0.25) is 4.98 Å². The van der Waals surface area contributed by atoms with Crippen LogP contribution >= 0.6 is 0 Å². The number of rotatable bonds is 7. The maximum absolute atomic E-state index is 11.3. The Morgan fingerprint density at radius 3 is 2.76 bits per heavy atom. The predicted molar refractivity (Wildman–Crippen MR) is 69.6 cm³/mol. The third-order valence-electron chi connectivity index (χ3n) is 2.65. The first-order valence-corrected chi connectivity index (χ1v) is 7.72. The topological polar surface area (TPSA) is 59.1 Å². The molecule has 96 valence electrons. The molecule has 0 spiro atoms. The van der Waals surface area contributed by atoms with Crippen LogP contribution in [0.1, 0.15) is 32.0 Å². The maximum Gasteiger partial charge on any atom is 0.150 e. The highest BCUT2D eigenvalue weighted by atomic mass is 32.2. The number of sulfone groups is 1. The summed E-state index contributed by atoms with van der Waals surface area (Å²) in [6.45, 7) is 4.40. The van der Waals surface area contributed by atoms with Gasteiger partial charge in [-0.25, -0.2) is 8.42 Å². The van der Waals surface area contributed by atoms with Crippen molar-refractivity contribution in [2.24, 2.45) is 0 Å².